The number of carbonyl (C=O) groups is 4. The van der Waals surface area contributed by atoms with Crippen molar-refractivity contribution < 1.29 is 48.3 Å². The standard InChI is InChI=1S/C33H41BrN2O10/c1-17(32(39)40)10-26(37)35-14-21-12-24(43-5)25(13-22(21)15-35)45-8-7-9-46-30-19(3)28-20(4)36(27(38)11-18(2)33(41)42)16-23(28)29(34)31(30)44-6/h12-13,17-18,20H,7-11,14-16H2,1-6H3,(H,39,40)(H,41,42)/t17-,18?,20?/m0/s1. The zero-order chi connectivity index (χ0) is 33.9. The van der Waals surface area contributed by atoms with Crippen LogP contribution in [-0.4, -0.2) is 71.2 Å². The summed E-state index contributed by atoms with van der Waals surface area (Å²) in [5.41, 5.74) is 4.56. The lowest BCUT2D eigenvalue weighted by atomic mass is 9.98. The molecule has 0 saturated carbocycles. The Bertz CT molecular complexity index is 1530. The first-order valence-electron chi connectivity index (χ1n) is 15.2. The van der Waals surface area contributed by atoms with Crippen LogP contribution in [0.5, 0.6) is 23.0 Å². The van der Waals surface area contributed by atoms with Gasteiger partial charge in [0.25, 0.3) is 0 Å². The quantitative estimate of drug-likeness (QED) is 0.254. The van der Waals surface area contributed by atoms with Gasteiger partial charge in [0, 0.05) is 44.5 Å². The van der Waals surface area contributed by atoms with Gasteiger partial charge in [0.15, 0.2) is 23.0 Å². The molecule has 3 atom stereocenters. The minimum atomic E-state index is -1.01. The average molecular weight is 706 g/mol. The molecule has 0 bridgehead atoms. The number of methoxy groups -OCH3 is 2. The Morgan fingerprint density at radius 2 is 1.43 bits per heavy atom. The highest BCUT2D eigenvalue weighted by Crippen LogP contribution is 2.50. The number of ether oxygens (including phenoxy) is 4. The molecule has 2 aromatic carbocycles. The summed E-state index contributed by atoms with van der Waals surface area (Å²) in [6, 6.07) is 3.44. The van der Waals surface area contributed by atoms with Crippen molar-refractivity contribution in [1.82, 2.24) is 9.80 Å². The topological polar surface area (TPSA) is 152 Å². The number of halogens is 1. The van der Waals surface area contributed by atoms with Crippen molar-refractivity contribution in [3.05, 3.63) is 44.4 Å². The van der Waals surface area contributed by atoms with E-state index in [1.165, 1.54) is 13.8 Å². The molecule has 2 aliphatic heterocycles. The SMILES string of the molecule is COc1cc2c(cc1OCCCOc1c(C)c3c(c(Br)c1OC)CN(C(=O)CC(C)C(=O)O)C3C)CN(C(=O)C[C@H](C)C(=O)O)C2. The van der Waals surface area contributed by atoms with E-state index in [-0.39, 0.29) is 30.7 Å². The van der Waals surface area contributed by atoms with E-state index in [4.69, 9.17) is 24.1 Å². The first kappa shape index (κ1) is 34.9. The van der Waals surface area contributed by atoms with Gasteiger partial charge < -0.3 is 39.0 Å². The summed E-state index contributed by atoms with van der Waals surface area (Å²) in [7, 11) is 3.10. The van der Waals surface area contributed by atoms with Gasteiger partial charge in [0.2, 0.25) is 11.8 Å². The number of carbonyl (C=O) groups excluding carboxylic acids is 2. The summed E-state index contributed by atoms with van der Waals surface area (Å²) < 4.78 is 24.2. The largest absolute Gasteiger partial charge is 0.493 e. The maximum absolute atomic E-state index is 13.0. The zero-order valence-corrected chi connectivity index (χ0v) is 28.6. The van der Waals surface area contributed by atoms with Gasteiger partial charge in [-0.1, -0.05) is 13.8 Å². The Morgan fingerprint density at radius 1 is 0.870 bits per heavy atom. The van der Waals surface area contributed by atoms with Crippen LogP contribution in [0.3, 0.4) is 0 Å². The molecule has 12 nitrogen and oxygen atoms in total. The molecule has 46 heavy (non-hydrogen) atoms. The smallest absolute Gasteiger partial charge is 0.306 e. The minimum absolute atomic E-state index is 0.0593. The van der Waals surface area contributed by atoms with Crippen molar-refractivity contribution in [2.75, 3.05) is 27.4 Å². The minimum Gasteiger partial charge on any atom is -0.493 e. The van der Waals surface area contributed by atoms with Crippen LogP contribution >= 0.6 is 15.9 Å². The number of aliphatic carboxylic acids is 2. The molecule has 2 heterocycles. The zero-order valence-electron chi connectivity index (χ0n) is 27.0. The molecule has 2 N–H and O–H groups in total. The van der Waals surface area contributed by atoms with Crippen molar-refractivity contribution in [3.8, 4) is 23.0 Å². The second kappa shape index (κ2) is 14.6. The van der Waals surface area contributed by atoms with E-state index < -0.39 is 23.8 Å². The third-order valence-electron chi connectivity index (χ3n) is 8.64. The predicted octanol–water partition coefficient (Wildman–Crippen LogP) is 5.09. The molecular formula is C33H41BrN2O10. The predicted molar refractivity (Wildman–Crippen MR) is 170 cm³/mol. The lowest BCUT2D eigenvalue weighted by molar-refractivity contribution is -0.146. The monoisotopic (exact) mass is 704 g/mol. The third kappa shape index (κ3) is 7.19. The van der Waals surface area contributed by atoms with Crippen LogP contribution in [0.25, 0.3) is 0 Å². The second-order valence-corrected chi connectivity index (χ2v) is 12.6. The van der Waals surface area contributed by atoms with Gasteiger partial charge >= 0.3 is 11.9 Å². The molecule has 2 aromatic rings. The highest BCUT2D eigenvalue weighted by atomic mass is 79.9. The van der Waals surface area contributed by atoms with Gasteiger partial charge in [-0.2, -0.15) is 0 Å². The fourth-order valence-electron chi connectivity index (χ4n) is 5.93. The van der Waals surface area contributed by atoms with E-state index in [0.29, 0.717) is 66.7 Å². The molecule has 0 saturated heterocycles. The summed E-state index contributed by atoms with van der Waals surface area (Å²) in [6.07, 6.45) is 0.390. The first-order valence-corrected chi connectivity index (χ1v) is 15.9. The summed E-state index contributed by atoms with van der Waals surface area (Å²) in [5.74, 6) is -1.81. The Balaban J connectivity index is 1.39. The van der Waals surface area contributed by atoms with Gasteiger partial charge in [0.05, 0.1) is 49.8 Å². The van der Waals surface area contributed by atoms with Crippen LogP contribution in [0.2, 0.25) is 0 Å². The Morgan fingerprint density at radius 3 is 2.00 bits per heavy atom. The van der Waals surface area contributed by atoms with E-state index in [9.17, 15) is 24.3 Å². The molecule has 250 valence electrons. The maximum atomic E-state index is 13.0. The molecule has 0 radical (unpaired) electrons. The van der Waals surface area contributed by atoms with E-state index in [1.54, 1.807) is 24.0 Å². The van der Waals surface area contributed by atoms with Crippen LogP contribution in [0.15, 0.2) is 16.6 Å². The van der Waals surface area contributed by atoms with E-state index >= 15 is 0 Å². The number of carboxylic acid groups (broad SMARTS) is 2. The molecule has 0 aliphatic carbocycles. The second-order valence-electron chi connectivity index (χ2n) is 11.9. The number of hydrogen-bond donors (Lipinski definition) is 2. The maximum Gasteiger partial charge on any atom is 0.306 e. The lowest BCUT2D eigenvalue weighted by Gasteiger charge is -2.24. The summed E-state index contributed by atoms with van der Waals surface area (Å²) in [5, 5.41) is 18.4. The Labute approximate surface area is 276 Å². The first-order chi connectivity index (χ1) is 21.8. The fraction of sp³-hybridized carbons (Fsp3) is 0.515. The number of hydrogen-bond acceptors (Lipinski definition) is 8. The van der Waals surface area contributed by atoms with Gasteiger partial charge in [0.1, 0.15) is 0 Å². The van der Waals surface area contributed by atoms with Gasteiger partial charge in [-0.3, -0.25) is 19.2 Å². The van der Waals surface area contributed by atoms with Crippen LogP contribution in [0.4, 0.5) is 0 Å². The van der Waals surface area contributed by atoms with Crippen molar-refractivity contribution in [2.45, 2.75) is 72.6 Å². The molecular weight excluding hydrogens is 664 g/mol. The van der Waals surface area contributed by atoms with Gasteiger partial charge in [-0.25, -0.2) is 0 Å². The number of fused-ring (bicyclic) bond motifs is 2. The number of rotatable bonds is 14. The van der Waals surface area contributed by atoms with Crippen molar-refractivity contribution in [3.63, 3.8) is 0 Å². The molecule has 0 fully saturated rings. The lowest BCUT2D eigenvalue weighted by Crippen LogP contribution is -2.31. The number of carboxylic acids is 2. The molecule has 2 unspecified atom stereocenters. The Hall–Kier alpha value is -4.00. The number of nitrogens with zero attached hydrogens (tertiary/aromatic N) is 2. The number of amides is 2. The molecule has 0 aromatic heterocycles. The molecule has 4 rings (SSSR count). The summed E-state index contributed by atoms with van der Waals surface area (Å²) >= 11 is 3.65. The van der Waals surface area contributed by atoms with Crippen molar-refractivity contribution in [2.24, 2.45) is 11.8 Å². The van der Waals surface area contributed by atoms with E-state index in [0.717, 1.165) is 27.8 Å². The van der Waals surface area contributed by atoms with Crippen LogP contribution < -0.4 is 18.9 Å². The van der Waals surface area contributed by atoms with Crippen LogP contribution in [0, 0.1) is 18.8 Å². The molecule has 2 amide bonds. The molecule has 13 heteroatoms. The van der Waals surface area contributed by atoms with Crippen molar-refractivity contribution in [1.29, 1.82) is 0 Å². The van der Waals surface area contributed by atoms with Crippen LogP contribution in [-0.2, 0) is 38.8 Å². The highest BCUT2D eigenvalue weighted by Gasteiger charge is 2.37. The van der Waals surface area contributed by atoms with Gasteiger partial charge in [-0.15, -0.1) is 0 Å². The molecule has 0 spiro atoms. The highest BCUT2D eigenvalue weighted by molar-refractivity contribution is 9.10. The normalized spacial score (nSPS) is 16.4. The summed E-state index contributed by atoms with van der Waals surface area (Å²) in [4.78, 5) is 51.5. The third-order valence-corrected chi connectivity index (χ3v) is 9.48. The number of benzene rings is 2. The molecule has 2 aliphatic rings. The van der Waals surface area contributed by atoms with E-state index in [1.807, 2.05) is 26.0 Å². The van der Waals surface area contributed by atoms with Crippen molar-refractivity contribution >= 4 is 39.7 Å². The van der Waals surface area contributed by atoms with E-state index in [2.05, 4.69) is 15.9 Å². The fourth-order valence-corrected chi connectivity index (χ4v) is 6.61. The van der Waals surface area contributed by atoms with Crippen LogP contribution in [0.1, 0.15) is 73.9 Å². The summed E-state index contributed by atoms with van der Waals surface area (Å²) in [6.45, 7) is 8.62. The average Bonchev–Trinajstić information content (AvgIpc) is 3.59. The Kier molecular flexibility index (Phi) is 11.1. The van der Waals surface area contributed by atoms with Gasteiger partial charge in [-0.05, 0) is 64.2 Å².